The Hall–Kier alpha value is -2.07. The number of hydrogen-bond donors (Lipinski definition) is 1. The summed E-state index contributed by atoms with van der Waals surface area (Å²) >= 11 is 5.93. The van der Waals surface area contributed by atoms with Gasteiger partial charge >= 0.3 is 0 Å². The molecule has 0 spiro atoms. The van der Waals surface area contributed by atoms with E-state index in [1.807, 2.05) is 0 Å². The number of benzene rings is 1. The first kappa shape index (κ1) is 13.4. The largest absolute Gasteiger partial charge is 0.496 e. The highest BCUT2D eigenvalue weighted by Gasteiger charge is 2.12. The number of halogens is 1. The topological polar surface area (TPSA) is 65.2 Å². The second kappa shape index (κ2) is 5.71. The predicted octanol–water partition coefficient (Wildman–Crippen LogP) is 2.75. The average molecular weight is 277 g/mol. The summed E-state index contributed by atoms with van der Waals surface area (Å²) in [7, 11) is 1.55. The van der Waals surface area contributed by atoms with Crippen LogP contribution in [0.2, 0.25) is 5.02 Å². The van der Waals surface area contributed by atoms with Crippen molar-refractivity contribution in [2.45, 2.75) is 6.42 Å². The number of rotatable bonds is 4. The third-order valence-electron chi connectivity index (χ3n) is 2.67. The molecule has 0 aliphatic carbocycles. The summed E-state index contributed by atoms with van der Waals surface area (Å²) in [6.07, 6.45) is 1.64. The Balaban J connectivity index is 2.23. The zero-order valence-electron chi connectivity index (χ0n) is 10.4. The van der Waals surface area contributed by atoms with Gasteiger partial charge in [-0.3, -0.25) is 9.78 Å². The van der Waals surface area contributed by atoms with Crippen LogP contribution in [0.4, 0.5) is 5.69 Å². The van der Waals surface area contributed by atoms with Crippen LogP contribution in [0.25, 0.3) is 0 Å². The smallest absolute Gasteiger partial charge is 0.185 e. The molecule has 0 unspecified atom stereocenters. The summed E-state index contributed by atoms with van der Waals surface area (Å²) in [5.41, 5.74) is 7.16. The highest BCUT2D eigenvalue weighted by atomic mass is 35.5. The van der Waals surface area contributed by atoms with Gasteiger partial charge in [-0.05, 0) is 30.3 Å². The number of methoxy groups -OCH3 is 1. The number of aromatic nitrogens is 1. The summed E-state index contributed by atoms with van der Waals surface area (Å²) in [5.74, 6) is 0.522. The molecule has 98 valence electrons. The fraction of sp³-hybridized carbons (Fsp3) is 0.143. The van der Waals surface area contributed by atoms with Gasteiger partial charge < -0.3 is 10.5 Å². The Morgan fingerprint density at radius 2 is 2.16 bits per heavy atom. The number of nitrogens with zero attached hydrogens (tertiary/aromatic N) is 1. The van der Waals surface area contributed by atoms with Gasteiger partial charge in [-0.25, -0.2) is 0 Å². The van der Waals surface area contributed by atoms with E-state index in [1.54, 1.807) is 37.4 Å². The lowest BCUT2D eigenvalue weighted by Crippen LogP contribution is -2.07. The summed E-state index contributed by atoms with van der Waals surface area (Å²) in [6.45, 7) is 0. The van der Waals surface area contributed by atoms with Crippen molar-refractivity contribution in [1.29, 1.82) is 0 Å². The lowest BCUT2D eigenvalue weighted by Gasteiger charge is -2.08. The molecule has 4 nitrogen and oxygen atoms in total. The molecule has 5 heteroatoms. The maximum atomic E-state index is 12.1. The van der Waals surface area contributed by atoms with Gasteiger partial charge in [0.1, 0.15) is 11.4 Å². The number of ketones is 1. The van der Waals surface area contributed by atoms with E-state index in [0.717, 1.165) is 5.56 Å². The Morgan fingerprint density at radius 3 is 2.79 bits per heavy atom. The minimum atomic E-state index is -0.111. The summed E-state index contributed by atoms with van der Waals surface area (Å²) in [4.78, 5) is 16.1. The molecule has 2 aromatic rings. The SMILES string of the molecule is COc1ccc(Cl)cc1CC(=O)c1ccc(N)cn1. The van der Waals surface area contributed by atoms with E-state index in [9.17, 15) is 4.79 Å². The number of nitrogen functional groups attached to an aromatic ring is 1. The summed E-state index contributed by atoms with van der Waals surface area (Å²) in [6, 6.07) is 8.43. The fourth-order valence-electron chi connectivity index (χ4n) is 1.72. The van der Waals surface area contributed by atoms with Crippen LogP contribution < -0.4 is 10.5 Å². The van der Waals surface area contributed by atoms with Crippen molar-refractivity contribution in [2.75, 3.05) is 12.8 Å². The lowest BCUT2D eigenvalue weighted by molar-refractivity contribution is 0.0987. The molecule has 2 rings (SSSR count). The van der Waals surface area contributed by atoms with Crippen molar-refractivity contribution in [2.24, 2.45) is 0 Å². The zero-order chi connectivity index (χ0) is 13.8. The van der Waals surface area contributed by atoms with E-state index in [4.69, 9.17) is 22.1 Å². The second-order valence-corrected chi connectivity index (χ2v) is 4.47. The third kappa shape index (κ3) is 3.23. The van der Waals surface area contributed by atoms with Crippen molar-refractivity contribution >= 4 is 23.1 Å². The molecule has 0 radical (unpaired) electrons. The minimum absolute atomic E-state index is 0.111. The number of Topliss-reactive ketones (excluding diaryl/α,β-unsaturated/α-hetero) is 1. The van der Waals surface area contributed by atoms with Gasteiger partial charge in [0, 0.05) is 17.0 Å². The maximum absolute atomic E-state index is 12.1. The highest BCUT2D eigenvalue weighted by Crippen LogP contribution is 2.24. The molecule has 0 saturated heterocycles. The molecule has 0 amide bonds. The number of carbonyl (C=O) groups excluding carboxylic acids is 1. The summed E-state index contributed by atoms with van der Waals surface area (Å²) < 4.78 is 5.20. The van der Waals surface area contributed by atoms with Crippen LogP contribution >= 0.6 is 11.6 Å². The van der Waals surface area contributed by atoms with Crippen LogP contribution in [-0.2, 0) is 6.42 Å². The molecule has 1 heterocycles. The quantitative estimate of drug-likeness (QED) is 0.872. The van der Waals surface area contributed by atoms with Gasteiger partial charge in [-0.15, -0.1) is 0 Å². The molecule has 2 N–H and O–H groups in total. The standard InChI is InChI=1S/C14H13ClN2O2/c1-19-14-5-2-10(15)6-9(14)7-13(18)12-4-3-11(16)8-17-12/h2-6,8H,7,16H2,1H3. The molecular weight excluding hydrogens is 264 g/mol. The van der Waals surface area contributed by atoms with Crippen molar-refractivity contribution in [1.82, 2.24) is 4.98 Å². The van der Waals surface area contributed by atoms with Crippen LogP contribution in [0.15, 0.2) is 36.5 Å². The monoisotopic (exact) mass is 276 g/mol. The Bertz CT molecular complexity index is 597. The van der Waals surface area contributed by atoms with Crippen LogP contribution in [0.1, 0.15) is 16.1 Å². The van der Waals surface area contributed by atoms with Crippen LogP contribution in [0.3, 0.4) is 0 Å². The molecule has 1 aromatic heterocycles. The van der Waals surface area contributed by atoms with Crippen molar-refractivity contribution < 1.29 is 9.53 Å². The van der Waals surface area contributed by atoms with E-state index >= 15 is 0 Å². The maximum Gasteiger partial charge on any atom is 0.185 e. The Kier molecular flexibility index (Phi) is 4.02. The first-order valence-electron chi connectivity index (χ1n) is 5.67. The van der Waals surface area contributed by atoms with Gasteiger partial charge in [0.25, 0.3) is 0 Å². The van der Waals surface area contributed by atoms with Crippen LogP contribution in [-0.4, -0.2) is 17.9 Å². The predicted molar refractivity (Wildman–Crippen MR) is 74.7 cm³/mol. The normalized spacial score (nSPS) is 10.2. The average Bonchev–Trinajstić information content (AvgIpc) is 2.39. The number of carbonyl (C=O) groups is 1. The van der Waals surface area contributed by atoms with Crippen molar-refractivity contribution in [3.8, 4) is 5.75 Å². The van der Waals surface area contributed by atoms with Crippen molar-refractivity contribution in [3.05, 3.63) is 52.8 Å². The van der Waals surface area contributed by atoms with Gasteiger partial charge in [0.05, 0.1) is 19.0 Å². The zero-order valence-corrected chi connectivity index (χ0v) is 11.1. The van der Waals surface area contributed by atoms with Crippen LogP contribution in [0.5, 0.6) is 5.75 Å². The molecule has 0 fully saturated rings. The van der Waals surface area contributed by atoms with Gasteiger partial charge in [0.2, 0.25) is 0 Å². The first-order chi connectivity index (χ1) is 9.10. The van der Waals surface area contributed by atoms with Crippen LogP contribution in [0, 0.1) is 0 Å². The molecular formula is C14H13ClN2O2. The number of nitrogens with two attached hydrogens (primary N) is 1. The molecule has 0 aliphatic rings. The highest BCUT2D eigenvalue weighted by molar-refractivity contribution is 6.30. The Labute approximate surface area is 116 Å². The second-order valence-electron chi connectivity index (χ2n) is 4.03. The van der Waals surface area contributed by atoms with Crippen molar-refractivity contribution in [3.63, 3.8) is 0 Å². The molecule has 0 bridgehead atoms. The van der Waals surface area contributed by atoms with Gasteiger partial charge in [-0.2, -0.15) is 0 Å². The van der Waals surface area contributed by atoms with E-state index < -0.39 is 0 Å². The summed E-state index contributed by atoms with van der Waals surface area (Å²) in [5, 5.41) is 0.564. The van der Waals surface area contributed by atoms with E-state index in [1.165, 1.54) is 6.20 Å². The van der Waals surface area contributed by atoms with Gasteiger partial charge in [-0.1, -0.05) is 11.6 Å². The van der Waals surface area contributed by atoms with E-state index in [0.29, 0.717) is 22.2 Å². The fourth-order valence-corrected chi connectivity index (χ4v) is 1.91. The number of anilines is 1. The van der Waals surface area contributed by atoms with E-state index in [2.05, 4.69) is 4.98 Å². The molecule has 0 saturated carbocycles. The number of pyridine rings is 1. The van der Waals surface area contributed by atoms with E-state index in [-0.39, 0.29) is 12.2 Å². The third-order valence-corrected chi connectivity index (χ3v) is 2.90. The molecule has 0 atom stereocenters. The minimum Gasteiger partial charge on any atom is -0.496 e. The Morgan fingerprint density at radius 1 is 1.37 bits per heavy atom. The number of hydrogen-bond acceptors (Lipinski definition) is 4. The number of ether oxygens (including phenoxy) is 1. The molecule has 1 aromatic carbocycles. The van der Waals surface area contributed by atoms with Gasteiger partial charge in [0.15, 0.2) is 5.78 Å². The molecule has 0 aliphatic heterocycles. The lowest BCUT2D eigenvalue weighted by atomic mass is 10.1. The molecule has 19 heavy (non-hydrogen) atoms. The first-order valence-corrected chi connectivity index (χ1v) is 6.05.